The van der Waals surface area contributed by atoms with Crippen LogP contribution >= 0.6 is 0 Å². The summed E-state index contributed by atoms with van der Waals surface area (Å²) in [6, 6.07) is 97.2. The van der Waals surface area contributed by atoms with Crippen molar-refractivity contribution in [3.05, 3.63) is 273 Å². The molecule has 3 heterocycles. The fourth-order valence-electron chi connectivity index (χ4n) is 10.9. The molecule has 0 amide bonds. The molecule has 0 atom stereocenters. The molecule has 0 N–H and O–H groups in total. The van der Waals surface area contributed by atoms with Gasteiger partial charge in [-0.3, -0.25) is 4.57 Å². The maximum atomic E-state index is 5.61. The fourth-order valence-corrected chi connectivity index (χ4v) is 10.9. The third-order valence-corrected chi connectivity index (χ3v) is 14.4. The zero-order valence-electron chi connectivity index (χ0n) is 40.2. The van der Waals surface area contributed by atoms with E-state index >= 15 is 0 Å². The second kappa shape index (κ2) is 18.0. The van der Waals surface area contributed by atoms with Gasteiger partial charge in [0.05, 0.1) is 27.8 Å². The van der Waals surface area contributed by atoms with Gasteiger partial charge in [0.25, 0.3) is 0 Å². The van der Waals surface area contributed by atoms with Gasteiger partial charge in [-0.1, -0.05) is 224 Å². The van der Waals surface area contributed by atoms with Crippen molar-refractivity contribution in [1.82, 2.24) is 24.1 Å². The molecule has 0 unspecified atom stereocenters. The van der Waals surface area contributed by atoms with Crippen molar-refractivity contribution in [1.29, 1.82) is 0 Å². The van der Waals surface area contributed by atoms with E-state index in [2.05, 4.69) is 264 Å². The normalized spacial score (nSPS) is 11.5. The third-order valence-electron chi connectivity index (χ3n) is 14.4. The van der Waals surface area contributed by atoms with Crippen LogP contribution in [0.4, 0.5) is 0 Å². The molecule has 14 rings (SSSR count). The van der Waals surface area contributed by atoms with E-state index in [1.807, 2.05) is 18.2 Å². The van der Waals surface area contributed by atoms with Gasteiger partial charge in [0.2, 0.25) is 5.95 Å². The van der Waals surface area contributed by atoms with Crippen molar-refractivity contribution in [2.45, 2.75) is 0 Å². The first-order chi connectivity index (χ1) is 36.7. The Kier molecular flexibility index (Phi) is 10.4. The third kappa shape index (κ3) is 7.46. The van der Waals surface area contributed by atoms with Gasteiger partial charge in [-0.05, 0) is 98.6 Å². The Morgan fingerprint density at radius 1 is 0.230 bits per heavy atom. The Labute approximate surface area is 428 Å². The van der Waals surface area contributed by atoms with Crippen LogP contribution in [0.25, 0.3) is 134 Å². The van der Waals surface area contributed by atoms with Gasteiger partial charge in [-0.2, -0.15) is 9.97 Å². The SMILES string of the molecule is c1ccc(-c2cccc(-c3cc(-c4ccccc4)cc(-c4nc(-c5ccccc5)nc(-n5c6ccccc6c6ccc7c8ccccc8n(-c8ccc(-c9ccccc9)cc8-c8ccccc8)c7c65)n4)c3)c2)cc1. The van der Waals surface area contributed by atoms with Crippen LogP contribution in [0.3, 0.4) is 0 Å². The van der Waals surface area contributed by atoms with Crippen molar-refractivity contribution < 1.29 is 0 Å². The summed E-state index contributed by atoms with van der Waals surface area (Å²) in [7, 11) is 0. The summed E-state index contributed by atoms with van der Waals surface area (Å²) in [5, 5.41) is 4.52. The van der Waals surface area contributed by atoms with E-state index < -0.39 is 0 Å². The van der Waals surface area contributed by atoms with Crippen molar-refractivity contribution in [3.8, 4) is 90.0 Å². The monoisotopic (exact) mass is 943 g/mol. The number of hydrogen-bond donors (Lipinski definition) is 0. The highest BCUT2D eigenvalue weighted by Crippen LogP contribution is 2.44. The number of aromatic nitrogens is 5. The summed E-state index contributed by atoms with van der Waals surface area (Å²) in [5.41, 5.74) is 18.3. The molecule has 0 saturated carbocycles. The summed E-state index contributed by atoms with van der Waals surface area (Å²) >= 11 is 0. The molecule has 14 aromatic rings. The second-order valence-electron chi connectivity index (χ2n) is 18.8. The van der Waals surface area contributed by atoms with Gasteiger partial charge in [0.1, 0.15) is 0 Å². The van der Waals surface area contributed by atoms with Crippen molar-refractivity contribution >= 4 is 43.6 Å². The molecule has 5 nitrogen and oxygen atoms in total. The number of fused-ring (bicyclic) bond motifs is 7. The molecule has 0 aliphatic rings. The van der Waals surface area contributed by atoms with E-state index in [9.17, 15) is 0 Å². The first-order valence-corrected chi connectivity index (χ1v) is 25.1. The Bertz CT molecular complexity index is 4390. The Hall–Kier alpha value is -9.97. The molecule has 0 radical (unpaired) electrons. The minimum atomic E-state index is 0.532. The van der Waals surface area contributed by atoms with Crippen LogP contribution in [0.2, 0.25) is 0 Å². The van der Waals surface area contributed by atoms with Gasteiger partial charge in [-0.15, -0.1) is 0 Å². The van der Waals surface area contributed by atoms with Crippen molar-refractivity contribution in [3.63, 3.8) is 0 Å². The number of hydrogen-bond acceptors (Lipinski definition) is 3. The molecule has 0 saturated heterocycles. The molecule has 0 aliphatic heterocycles. The van der Waals surface area contributed by atoms with Crippen LogP contribution in [0, 0.1) is 0 Å². The van der Waals surface area contributed by atoms with Gasteiger partial charge < -0.3 is 4.57 Å². The first-order valence-electron chi connectivity index (χ1n) is 25.1. The lowest BCUT2D eigenvalue weighted by Gasteiger charge is -2.17. The lowest BCUT2D eigenvalue weighted by molar-refractivity contribution is 0.953. The standard InChI is InChI=1S/C69H45N5/c1-6-21-46(22-7-1)51-31-20-32-52(41-51)55-42-54(48-25-10-3-11-26-48)43-56(44-55)68-70-67(50-29-14-5-15-30-50)71-69(72-68)74-63-36-19-17-34-58(63)60-39-38-59-57-33-16-18-35-62(57)73(65(59)66(60)74)64-40-37-53(47-23-8-2-9-24-47)45-61(64)49-27-12-4-13-28-49/h1-45H. The van der Waals surface area contributed by atoms with E-state index in [-0.39, 0.29) is 0 Å². The van der Waals surface area contributed by atoms with Crippen LogP contribution in [-0.4, -0.2) is 24.1 Å². The maximum Gasteiger partial charge on any atom is 0.238 e. The number of rotatable bonds is 9. The number of para-hydroxylation sites is 2. The topological polar surface area (TPSA) is 48.5 Å². The summed E-state index contributed by atoms with van der Waals surface area (Å²) in [6.07, 6.45) is 0. The molecule has 74 heavy (non-hydrogen) atoms. The molecule has 0 aliphatic carbocycles. The Morgan fingerprint density at radius 2 is 0.622 bits per heavy atom. The predicted octanol–water partition coefficient (Wildman–Crippen LogP) is 17.7. The van der Waals surface area contributed by atoms with Crippen molar-refractivity contribution in [2.75, 3.05) is 0 Å². The Morgan fingerprint density at radius 3 is 1.20 bits per heavy atom. The predicted molar refractivity (Wildman–Crippen MR) is 307 cm³/mol. The van der Waals surface area contributed by atoms with E-state index in [0.29, 0.717) is 17.6 Å². The molecule has 0 fully saturated rings. The van der Waals surface area contributed by atoms with Gasteiger partial charge in [-0.25, -0.2) is 4.98 Å². The average Bonchev–Trinajstić information content (AvgIpc) is 4.01. The second-order valence-corrected chi connectivity index (χ2v) is 18.8. The molecule has 11 aromatic carbocycles. The summed E-state index contributed by atoms with van der Waals surface area (Å²) in [5.74, 6) is 1.70. The van der Waals surface area contributed by atoms with Crippen LogP contribution < -0.4 is 0 Å². The zero-order chi connectivity index (χ0) is 49.0. The fraction of sp³-hybridized carbons (Fsp3) is 0. The van der Waals surface area contributed by atoms with Gasteiger partial charge in [0, 0.05) is 38.2 Å². The molecular formula is C69H45N5. The zero-order valence-corrected chi connectivity index (χ0v) is 40.2. The Balaban J connectivity index is 1.06. The molecule has 5 heteroatoms. The largest absolute Gasteiger partial charge is 0.307 e. The summed E-state index contributed by atoms with van der Waals surface area (Å²) in [6.45, 7) is 0. The van der Waals surface area contributed by atoms with E-state index in [1.165, 1.54) is 11.1 Å². The van der Waals surface area contributed by atoms with Crippen LogP contribution in [0.5, 0.6) is 0 Å². The van der Waals surface area contributed by atoms with Crippen LogP contribution in [-0.2, 0) is 0 Å². The van der Waals surface area contributed by atoms with Crippen LogP contribution in [0.1, 0.15) is 0 Å². The summed E-state index contributed by atoms with van der Waals surface area (Å²) in [4.78, 5) is 16.5. The smallest absolute Gasteiger partial charge is 0.238 e. The maximum absolute atomic E-state index is 5.61. The lowest BCUT2D eigenvalue weighted by atomic mass is 9.94. The van der Waals surface area contributed by atoms with Crippen molar-refractivity contribution in [2.24, 2.45) is 0 Å². The minimum absolute atomic E-state index is 0.532. The molecule has 3 aromatic heterocycles. The number of benzene rings is 11. The highest BCUT2D eigenvalue weighted by atomic mass is 15.2. The summed E-state index contributed by atoms with van der Waals surface area (Å²) < 4.78 is 4.75. The molecule has 0 bridgehead atoms. The van der Waals surface area contributed by atoms with E-state index in [4.69, 9.17) is 15.0 Å². The average molecular weight is 944 g/mol. The van der Waals surface area contributed by atoms with Gasteiger partial charge in [0.15, 0.2) is 11.6 Å². The highest BCUT2D eigenvalue weighted by molar-refractivity contribution is 6.24. The molecule has 0 spiro atoms. The molecule has 346 valence electrons. The molecular weight excluding hydrogens is 899 g/mol. The number of nitrogens with zero attached hydrogens (tertiary/aromatic N) is 5. The lowest BCUT2D eigenvalue weighted by Crippen LogP contribution is -2.07. The van der Waals surface area contributed by atoms with Gasteiger partial charge >= 0.3 is 0 Å². The van der Waals surface area contributed by atoms with E-state index in [1.54, 1.807) is 0 Å². The minimum Gasteiger partial charge on any atom is -0.307 e. The first kappa shape index (κ1) is 42.9. The van der Waals surface area contributed by atoms with E-state index in [0.717, 1.165) is 105 Å². The highest BCUT2D eigenvalue weighted by Gasteiger charge is 2.25. The quantitative estimate of drug-likeness (QED) is 0.145. The van der Waals surface area contributed by atoms with Crippen LogP contribution in [0.15, 0.2) is 273 Å².